The topological polar surface area (TPSA) is 50.4 Å². The zero-order valence-electron chi connectivity index (χ0n) is 16.0. The van der Waals surface area contributed by atoms with Crippen LogP contribution < -0.4 is 15.4 Å². The first kappa shape index (κ1) is 20.2. The first-order chi connectivity index (χ1) is 13.6. The van der Waals surface area contributed by atoms with Gasteiger partial charge in [0.2, 0.25) is 0 Å². The van der Waals surface area contributed by atoms with E-state index < -0.39 is 0 Å². The Balaban J connectivity index is 1.78. The van der Waals surface area contributed by atoms with E-state index in [0.29, 0.717) is 17.9 Å². The summed E-state index contributed by atoms with van der Waals surface area (Å²) in [5, 5.41) is 7.14. The minimum Gasteiger partial charge on any atom is -0.495 e. The minimum atomic E-state index is -0.146. The Morgan fingerprint density at radius 3 is 2.82 bits per heavy atom. The molecule has 0 atom stereocenters. The molecule has 4 nitrogen and oxygen atoms in total. The van der Waals surface area contributed by atoms with Gasteiger partial charge in [0.15, 0.2) is 0 Å². The maximum absolute atomic E-state index is 11.8. The standard InChI is InChI=1S/C22H21BrN2O2S/c1-4-15-16-7-5-8-17(23)21(16)28-20(15)9-6-12-25-18-11-10-14(22(26)24-2)13-19(18)27-3/h5,7-8,10-11,13,25H,4,12H2,1-3H3,(H,24,26). The Kier molecular flexibility index (Phi) is 6.61. The van der Waals surface area contributed by atoms with Crippen LogP contribution in [0.5, 0.6) is 5.75 Å². The van der Waals surface area contributed by atoms with E-state index in [0.717, 1.165) is 21.5 Å². The van der Waals surface area contributed by atoms with Crippen LogP contribution in [0.15, 0.2) is 40.9 Å². The molecule has 0 fully saturated rings. The second-order valence-electron chi connectivity index (χ2n) is 6.03. The second kappa shape index (κ2) is 9.13. The monoisotopic (exact) mass is 456 g/mol. The Hall–Kier alpha value is -2.49. The van der Waals surface area contributed by atoms with Crippen LogP contribution in [-0.2, 0) is 6.42 Å². The van der Waals surface area contributed by atoms with Gasteiger partial charge in [0.25, 0.3) is 5.91 Å². The van der Waals surface area contributed by atoms with E-state index in [1.807, 2.05) is 6.07 Å². The number of fused-ring (bicyclic) bond motifs is 1. The van der Waals surface area contributed by atoms with Crippen molar-refractivity contribution < 1.29 is 9.53 Å². The van der Waals surface area contributed by atoms with Crippen LogP contribution >= 0.6 is 27.3 Å². The number of carbonyl (C=O) groups excluding carboxylic acids is 1. The van der Waals surface area contributed by atoms with E-state index in [9.17, 15) is 4.79 Å². The molecule has 0 aliphatic carbocycles. The number of rotatable bonds is 5. The fourth-order valence-electron chi connectivity index (χ4n) is 2.97. The lowest BCUT2D eigenvalue weighted by molar-refractivity contribution is 0.0963. The van der Waals surface area contributed by atoms with Gasteiger partial charge in [0, 0.05) is 17.1 Å². The SMILES string of the molecule is CCc1c(C#CCNc2ccc(C(=O)NC)cc2OC)sc2c(Br)cccc12. The van der Waals surface area contributed by atoms with Crippen LogP contribution in [0.2, 0.25) is 0 Å². The van der Waals surface area contributed by atoms with Gasteiger partial charge in [0.1, 0.15) is 5.75 Å². The Bertz CT molecular complexity index is 1080. The summed E-state index contributed by atoms with van der Waals surface area (Å²) < 4.78 is 7.74. The van der Waals surface area contributed by atoms with Crippen LogP contribution in [0.4, 0.5) is 5.69 Å². The van der Waals surface area contributed by atoms with Gasteiger partial charge in [-0.2, -0.15) is 0 Å². The molecule has 0 saturated carbocycles. The molecule has 2 N–H and O–H groups in total. The number of benzene rings is 2. The smallest absolute Gasteiger partial charge is 0.251 e. The Morgan fingerprint density at radius 2 is 2.11 bits per heavy atom. The first-order valence-electron chi connectivity index (χ1n) is 8.91. The normalized spacial score (nSPS) is 10.3. The molecule has 3 aromatic rings. The molecule has 0 aliphatic heterocycles. The summed E-state index contributed by atoms with van der Waals surface area (Å²) in [6.45, 7) is 2.64. The van der Waals surface area contributed by atoms with E-state index in [4.69, 9.17) is 4.74 Å². The molecule has 2 aromatic carbocycles. The molecule has 0 aliphatic rings. The highest BCUT2D eigenvalue weighted by atomic mass is 79.9. The molecule has 0 spiro atoms. The summed E-state index contributed by atoms with van der Waals surface area (Å²) in [7, 11) is 3.19. The average Bonchev–Trinajstić information content (AvgIpc) is 3.09. The molecule has 1 heterocycles. The molecular weight excluding hydrogens is 436 g/mol. The van der Waals surface area contributed by atoms with Crippen LogP contribution in [0.25, 0.3) is 10.1 Å². The van der Waals surface area contributed by atoms with Gasteiger partial charge in [-0.15, -0.1) is 11.3 Å². The lowest BCUT2D eigenvalue weighted by Crippen LogP contribution is -2.17. The fourth-order valence-corrected chi connectivity index (χ4v) is 4.76. The quantitative estimate of drug-likeness (QED) is 0.527. The van der Waals surface area contributed by atoms with E-state index in [2.05, 4.69) is 63.5 Å². The van der Waals surface area contributed by atoms with Crippen LogP contribution in [0, 0.1) is 11.8 Å². The molecule has 28 heavy (non-hydrogen) atoms. The van der Waals surface area contributed by atoms with Crippen LogP contribution in [0.1, 0.15) is 27.7 Å². The lowest BCUT2D eigenvalue weighted by atomic mass is 10.1. The van der Waals surface area contributed by atoms with Crippen molar-refractivity contribution in [2.24, 2.45) is 0 Å². The van der Waals surface area contributed by atoms with Gasteiger partial charge in [-0.05, 0) is 57.6 Å². The van der Waals surface area contributed by atoms with Crippen LogP contribution in [0.3, 0.4) is 0 Å². The minimum absolute atomic E-state index is 0.146. The molecule has 0 radical (unpaired) electrons. The molecule has 1 amide bonds. The van der Waals surface area contributed by atoms with E-state index >= 15 is 0 Å². The van der Waals surface area contributed by atoms with Gasteiger partial charge in [-0.3, -0.25) is 4.79 Å². The van der Waals surface area contributed by atoms with E-state index in [-0.39, 0.29) is 5.91 Å². The predicted molar refractivity (Wildman–Crippen MR) is 121 cm³/mol. The summed E-state index contributed by atoms with van der Waals surface area (Å²) >= 11 is 5.35. The van der Waals surface area contributed by atoms with Crippen molar-refractivity contribution in [3.63, 3.8) is 0 Å². The number of ether oxygens (including phenoxy) is 1. The first-order valence-corrected chi connectivity index (χ1v) is 10.5. The summed E-state index contributed by atoms with van der Waals surface area (Å²) in [5.74, 6) is 6.98. The third kappa shape index (κ3) is 4.16. The van der Waals surface area contributed by atoms with Crippen molar-refractivity contribution in [1.29, 1.82) is 0 Å². The summed E-state index contributed by atoms with van der Waals surface area (Å²) in [4.78, 5) is 12.9. The third-order valence-corrected chi connectivity index (χ3v) is 6.50. The van der Waals surface area contributed by atoms with Crippen molar-refractivity contribution in [1.82, 2.24) is 5.32 Å². The fraction of sp³-hybridized carbons (Fsp3) is 0.227. The van der Waals surface area contributed by atoms with Crippen LogP contribution in [-0.4, -0.2) is 26.6 Å². The highest BCUT2D eigenvalue weighted by molar-refractivity contribution is 9.10. The van der Waals surface area contributed by atoms with Crippen molar-refractivity contribution in [2.75, 3.05) is 26.0 Å². The Morgan fingerprint density at radius 1 is 1.29 bits per heavy atom. The Labute approximate surface area is 177 Å². The van der Waals surface area contributed by atoms with Crippen molar-refractivity contribution in [2.45, 2.75) is 13.3 Å². The number of halogens is 1. The number of aryl methyl sites for hydroxylation is 1. The number of thiophene rings is 1. The van der Waals surface area contributed by atoms with Gasteiger partial charge >= 0.3 is 0 Å². The second-order valence-corrected chi connectivity index (χ2v) is 7.90. The molecule has 0 bridgehead atoms. The zero-order chi connectivity index (χ0) is 20.1. The number of amides is 1. The van der Waals surface area contributed by atoms with Crippen molar-refractivity contribution >= 4 is 48.9 Å². The third-order valence-electron chi connectivity index (χ3n) is 4.38. The highest BCUT2D eigenvalue weighted by Crippen LogP contribution is 2.36. The maximum atomic E-state index is 11.8. The molecule has 1 aromatic heterocycles. The number of methoxy groups -OCH3 is 1. The van der Waals surface area contributed by atoms with Crippen molar-refractivity contribution in [3.8, 4) is 17.6 Å². The molecular formula is C22H21BrN2O2S. The molecule has 144 valence electrons. The number of hydrogen-bond donors (Lipinski definition) is 2. The van der Waals surface area contributed by atoms with Gasteiger partial charge in [0.05, 0.1) is 28.9 Å². The summed E-state index contributed by atoms with van der Waals surface area (Å²) in [6.07, 6.45) is 0.947. The zero-order valence-corrected chi connectivity index (χ0v) is 18.4. The number of hydrogen-bond acceptors (Lipinski definition) is 4. The lowest BCUT2D eigenvalue weighted by Gasteiger charge is -2.10. The van der Waals surface area contributed by atoms with Gasteiger partial charge in [-0.25, -0.2) is 0 Å². The molecule has 0 saturated heterocycles. The number of anilines is 1. The largest absolute Gasteiger partial charge is 0.495 e. The van der Waals surface area contributed by atoms with Gasteiger partial charge < -0.3 is 15.4 Å². The van der Waals surface area contributed by atoms with Gasteiger partial charge in [-0.1, -0.05) is 30.9 Å². The molecule has 0 unspecified atom stereocenters. The highest BCUT2D eigenvalue weighted by Gasteiger charge is 2.11. The van der Waals surface area contributed by atoms with E-state index in [1.165, 1.54) is 15.6 Å². The molecule has 6 heteroatoms. The number of nitrogens with one attached hydrogen (secondary N) is 2. The predicted octanol–water partition coefficient (Wildman–Crippen LogP) is 5.06. The van der Waals surface area contributed by atoms with Crippen molar-refractivity contribution in [3.05, 3.63) is 56.9 Å². The summed E-state index contributed by atoms with van der Waals surface area (Å²) in [5.41, 5.74) is 2.65. The number of carbonyl (C=O) groups is 1. The maximum Gasteiger partial charge on any atom is 0.251 e. The molecule has 3 rings (SSSR count). The average molecular weight is 457 g/mol. The van der Waals surface area contributed by atoms with E-state index in [1.54, 1.807) is 37.6 Å². The summed E-state index contributed by atoms with van der Waals surface area (Å²) in [6, 6.07) is 11.6.